The highest BCUT2D eigenvalue weighted by Crippen LogP contribution is 2.34. The maximum Gasteiger partial charge on any atom is 0.266 e. The molecule has 0 saturated carbocycles. The van der Waals surface area contributed by atoms with Gasteiger partial charge in [0.05, 0.1) is 18.7 Å². The smallest absolute Gasteiger partial charge is 0.266 e. The van der Waals surface area contributed by atoms with E-state index in [4.69, 9.17) is 21.1 Å². The minimum atomic E-state index is -0.510. The molecule has 6 heteroatoms. The van der Waals surface area contributed by atoms with Crippen LogP contribution in [0.3, 0.4) is 0 Å². The van der Waals surface area contributed by atoms with E-state index in [9.17, 15) is 10.1 Å². The number of nitrogens with zero attached hydrogens (tertiary/aromatic N) is 1. The second kappa shape index (κ2) is 9.11. The standard InChI is InChI=1S/C21H21ClN2O3/c1-5-27-20-11-18(22)15(10-19(20)26-4)9-16(12-23)21(25)24-17-7-6-13(2)14(3)8-17/h6-11H,5H2,1-4H3,(H,24,25)/b16-9+. The van der Waals surface area contributed by atoms with E-state index in [1.807, 2.05) is 39.0 Å². The van der Waals surface area contributed by atoms with Crippen LogP contribution in [0.2, 0.25) is 5.02 Å². The summed E-state index contributed by atoms with van der Waals surface area (Å²) in [4.78, 5) is 12.5. The van der Waals surface area contributed by atoms with Gasteiger partial charge >= 0.3 is 0 Å². The molecule has 0 aliphatic carbocycles. The van der Waals surface area contributed by atoms with Gasteiger partial charge in [-0.2, -0.15) is 5.26 Å². The number of methoxy groups -OCH3 is 1. The van der Waals surface area contributed by atoms with E-state index in [2.05, 4.69) is 5.32 Å². The topological polar surface area (TPSA) is 71.3 Å². The summed E-state index contributed by atoms with van der Waals surface area (Å²) in [5.74, 6) is 0.462. The lowest BCUT2D eigenvalue weighted by Crippen LogP contribution is -2.13. The van der Waals surface area contributed by atoms with Crippen LogP contribution < -0.4 is 14.8 Å². The number of nitrogens with one attached hydrogen (secondary N) is 1. The molecule has 0 fully saturated rings. The molecule has 1 amide bonds. The molecule has 0 atom stereocenters. The minimum Gasteiger partial charge on any atom is -0.493 e. The Morgan fingerprint density at radius 2 is 1.96 bits per heavy atom. The third-order valence-corrected chi connectivity index (χ3v) is 4.34. The molecule has 27 heavy (non-hydrogen) atoms. The zero-order valence-corrected chi connectivity index (χ0v) is 16.5. The number of nitriles is 1. The van der Waals surface area contributed by atoms with Crippen molar-refractivity contribution >= 4 is 29.3 Å². The Hall–Kier alpha value is -2.97. The molecule has 0 unspecified atom stereocenters. The van der Waals surface area contributed by atoms with E-state index in [1.54, 1.807) is 18.2 Å². The highest BCUT2D eigenvalue weighted by Gasteiger charge is 2.14. The van der Waals surface area contributed by atoms with Crippen molar-refractivity contribution in [1.29, 1.82) is 5.26 Å². The lowest BCUT2D eigenvalue weighted by molar-refractivity contribution is -0.112. The van der Waals surface area contributed by atoms with E-state index < -0.39 is 5.91 Å². The molecule has 5 nitrogen and oxygen atoms in total. The number of aryl methyl sites for hydroxylation is 2. The van der Waals surface area contributed by atoms with Crippen molar-refractivity contribution < 1.29 is 14.3 Å². The third-order valence-electron chi connectivity index (χ3n) is 4.01. The number of amides is 1. The Morgan fingerprint density at radius 1 is 1.22 bits per heavy atom. The minimum absolute atomic E-state index is 0.0682. The first-order valence-corrected chi connectivity index (χ1v) is 8.78. The fourth-order valence-electron chi connectivity index (χ4n) is 2.41. The van der Waals surface area contributed by atoms with Gasteiger partial charge in [-0.05, 0) is 61.7 Å². The molecule has 0 aromatic heterocycles. The molecule has 2 aromatic carbocycles. The number of ether oxygens (including phenoxy) is 2. The lowest BCUT2D eigenvalue weighted by atomic mass is 10.1. The van der Waals surface area contributed by atoms with Gasteiger partial charge in [0.25, 0.3) is 5.91 Å². The van der Waals surface area contributed by atoms with Crippen LogP contribution in [0.15, 0.2) is 35.9 Å². The highest BCUT2D eigenvalue weighted by molar-refractivity contribution is 6.32. The summed E-state index contributed by atoms with van der Waals surface area (Å²) in [5, 5.41) is 12.5. The van der Waals surface area contributed by atoms with E-state index in [0.29, 0.717) is 34.4 Å². The van der Waals surface area contributed by atoms with Crippen molar-refractivity contribution in [2.45, 2.75) is 20.8 Å². The molecular weight excluding hydrogens is 364 g/mol. The van der Waals surface area contributed by atoms with Crippen LogP contribution in [0, 0.1) is 25.2 Å². The predicted molar refractivity (Wildman–Crippen MR) is 107 cm³/mol. The van der Waals surface area contributed by atoms with Crippen LogP contribution in [0.5, 0.6) is 11.5 Å². The Morgan fingerprint density at radius 3 is 2.56 bits per heavy atom. The zero-order chi connectivity index (χ0) is 20.0. The summed E-state index contributed by atoms with van der Waals surface area (Å²) in [6.45, 7) is 6.26. The molecule has 0 spiro atoms. The lowest BCUT2D eigenvalue weighted by Gasteiger charge is -2.12. The maximum atomic E-state index is 12.5. The summed E-state index contributed by atoms with van der Waals surface area (Å²) in [5.41, 5.74) is 3.22. The summed E-state index contributed by atoms with van der Waals surface area (Å²) in [7, 11) is 1.51. The molecule has 0 aliphatic rings. The molecule has 0 aliphatic heterocycles. The van der Waals surface area contributed by atoms with Crippen molar-refractivity contribution in [1.82, 2.24) is 0 Å². The molecule has 1 N–H and O–H groups in total. The van der Waals surface area contributed by atoms with Gasteiger partial charge in [0.1, 0.15) is 11.6 Å². The number of carbonyl (C=O) groups excluding carboxylic acids is 1. The van der Waals surface area contributed by atoms with Crippen LogP contribution in [-0.4, -0.2) is 19.6 Å². The second-order valence-electron chi connectivity index (χ2n) is 5.88. The van der Waals surface area contributed by atoms with E-state index in [-0.39, 0.29) is 5.57 Å². The first-order chi connectivity index (χ1) is 12.9. The zero-order valence-electron chi connectivity index (χ0n) is 15.7. The fourth-order valence-corrected chi connectivity index (χ4v) is 2.62. The SMILES string of the molecule is CCOc1cc(Cl)c(/C=C(\C#N)C(=O)Nc2ccc(C)c(C)c2)cc1OC. The molecule has 0 bridgehead atoms. The van der Waals surface area contributed by atoms with E-state index in [0.717, 1.165) is 11.1 Å². The normalized spacial score (nSPS) is 10.9. The van der Waals surface area contributed by atoms with Crippen molar-refractivity contribution in [3.8, 4) is 17.6 Å². The fraction of sp³-hybridized carbons (Fsp3) is 0.238. The molecule has 2 aromatic rings. The molecule has 0 heterocycles. The van der Waals surface area contributed by atoms with Gasteiger partial charge in [-0.25, -0.2) is 0 Å². The van der Waals surface area contributed by atoms with Gasteiger partial charge in [-0.1, -0.05) is 17.7 Å². The second-order valence-corrected chi connectivity index (χ2v) is 6.29. The Balaban J connectivity index is 2.33. The number of hydrogen-bond acceptors (Lipinski definition) is 4. The van der Waals surface area contributed by atoms with E-state index in [1.165, 1.54) is 13.2 Å². The van der Waals surface area contributed by atoms with Crippen LogP contribution in [0.1, 0.15) is 23.6 Å². The Labute approximate surface area is 164 Å². The van der Waals surface area contributed by atoms with Gasteiger partial charge in [0, 0.05) is 11.8 Å². The first kappa shape index (κ1) is 20.3. The van der Waals surface area contributed by atoms with Crippen LogP contribution in [0.4, 0.5) is 5.69 Å². The number of carbonyl (C=O) groups is 1. The third kappa shape index (κ3) is 5.02. The average Bonchev–Trinajstić information content (AvgIpc) is 2.64. The number of hydrogen-bond donors (Lipinski definition) is 1. The number of rotatable bonds is 6. The molecule has 0 radical (unpaired) electrons. The monoisotopic (exact) mass is 384 g/mol. The maximum absolute atomic E-state index is 12.5. The highest BCUT2D eigenvalue weighted by atomic mass is 35.5. The molecule has 2 rings (SSSR count). The van der Waals surface area contributed by atoms with Gasteiger partial charge in [-0.3, -0.25) is 4.79 Å². The van der Waals surface area contributed by atoms with Gasteiger partial charge in [0.15, 0.2) is 11.5 Å². The summed E-state index contributed by atoms with van der Waals surface area (Å²) in [6.07, 6.45) is 1.43. The van der Waals surface area contributed by atoms with Crippen molar-refractivity contribution in [2.75, 3.05) is 19.0 Å². The van der Waals surface area contributed by atoms with Crippen molar-refractivity contribution in [2.24, 2.45) is 0 Å². The van der Waals surface area contributed by atoms with Gasteiger partial charge in [0.2, 0.25) is 0 Å². The van der Waals surface area contributed by atoms with Gasteiger partial charge < -0.3 is 14.8 Å². The number of benzene rings is 2. The number of anilines is 1. The Bertz CT molecular complexity index is 930. The Kier molecular flexibility index (Phi) is 6.86. The summed E-state index contributed by atoms with van der Waals surface area (Å²) < 4.78 is 10.8. The first-order valence-electron chi connectivity index (χ1n) is 8.40. The van der Waals surface area contributed by atoms with Crippen LogP contribution in [0.25, 0.3) is 6.08 Å². The van der Waals surface area contributed by atoms with Crippen molar-refractivity contribution in [3.63, 3.8) is 0 Å². The molecule has 0 saturated heterocycles. The summed E-state index contributed by atoms with van der Waals surface area (Å²) >= 11 is 6.28. The van der Waals surface area contributed by atoms with Crippen molar-refractivity contribution in [3.05, 3.63) is 57.6 Å². The average molecular weight is 385 g/mol. The molecule has 140 valence electrons. The van der Waals surface area contributed by atoms with E-state index >= 15 is 0 Å². The summed E-state index contributed by atoms with van der Waals surface area (Å²) in [6, 6.07) is 10.7. The van der Waals surface area contributed by atoms with Gasteiger partial charge in [-0.15, -0.1) is 0 Å². The predicted octanol–water partition coefficient (Wildman–Crippen LogP) is 4.91. The molecular formula is C21H21ClN2O3. The van der Waals surface area contributed by atoms with Crippen LogP contribution >= 0.6 is 11.6 Å². The van der Waals surface area contributed by atoms with Crippen LogP contribution in [-0.2, 0) is 4.79 Å². The quantitative estimate of drug-likeness (QED) is 0.567. The largest absolute Gasteiger partial charge is 0.493 e. The number of halogens is 1.